The van der Waals surface area contributed by atoms with E-state index in [1.165, 1.54) is 37.8 Å². The number of nitrogens with one attached hydrogen (secondary N) is 1. The van der Waals surface area contributed by atoms with Gasteiger partial charge >= 0.3 is 0 Å². The smallest absolute Gasteiger partial charge is 0.119 e. The van der Waals surface area contributed by atoms with Gasteiger partial charge in [0.2, 0.25) is 0 Å². The summed E-state index contributed by atoms with van der Waals surface area (Å²) in [6.07, 6.45) is 5.37. The van der Waals surface area contributed by atoms with Crippen LogP contribution in [0.3, 0.4) is 0 Å². The molecule has 1 aromatic rings. The van der Waals surface area contributed by atoms with Crippen molar-refractivity contribution in [1.29, 1.82) is 0 Å². The number of piperidine rings is 1. The van der Waals surface area contributed by atoms with Gasteiger partial charge in [-0.3, -0.25) is 0 Å². The van der Waals surface area contributed by atoms with Crippen LogP contribution in [0.15, 0.2) is 24.3 Å². The summed E-state index contributed by atoms with van der Waals surface area (Å²) in [5.74, 6) is 0.971. The zero-order valence-corrected chi connectivity index (χ0v) is 12.9. The Morgan fingerprint density at radius 3 is 3.05 bits per heavy atom. The highest BCUT2D eigenvalue weighted by molar-refractivity contribution is 5.28. The Kier molecular flexibility index (Phi) is 6.34. The summed E-state index contributed by atoms with van der Waals surface area (Å²) in [6.45, 7) is 6.03. The molecule has 0 saturated carbocycles. The molecule has 1 heterocycles. The maximum Gasteiger partial charge on any atom is 0.119 e. The molecule has 1 aliphatic rings. The molecule has 3 nitrogen and oxygen atoms in total. The van der Waals surface area contributed by atoms with Crippen molar-refractivity contribution in [2.75, 3.05) is 26.7 Å². The van der Waals surface area contributed by atoms with Crippen molar-refractivity contribution < 1.29 is 4.74 Å². The first-order valence-electron chi connectivity index (χ1n) is 7.92. The third-order valence-electron chi connectivity index (χ3n) is 4.11. The van der Waals surface area contributed by atoms with Crippen LogP contribution in [-0.2, 0) is 6.54 Å². The van der Waals surface area contributed by atoms with E-state index < -0.39 is 0 Å². The fourth-order valence-electron chi connectivity index (χ4n) is 2.92. The molecule has 2 rings (SSSR count). The van der Waals surface area contributed by atoms with Gasteiger partial charge < -0.3 is 15.0 Å². The lowest BCUT2D eigenvalue weighted by atomic mass is 10.0. The minimum Gasteiger partial charge on any atom is -0.494 e. The zero-order chi connectivity index (χ0) is 14.2. The lowest BCUT2D eigenvalue weighted by molar-refractivity contribution is 0.175. The van der Waals surface area contributed by atoms with Crippen molar-refractivity contribution in [3.8, 4) is 5.75 Å². The Morgan fingerprint density at radius 2 is 2.25 bits per heavy atom. The fraction of sp³-hybridized carbons (Fsp3) is 0.647. The van der Waals surface area contributed by atoms with E-state index in [4.69, 9.17) is 4.74 Å². The van der Waals surface area contributed by atoms with Crippen molar-refractivity contribution >= 4 is 0 Å². The monoisotopic (exact) mass is 276 g/mol. The Bertz CT molecular complexity index is 394. The Hall–Kier alpha value is -1.06. The van der Waals surface area contributed by atoms with Crippen LogP contribution in [0.1, 0.15) is 38.2 Å². The van der Waals surface area contributed by atoms with E-state index in [1.54, 1.807) is 0 Å². The second-order valence-corrected chi connectivity index (χ2v) is 5.68. The average molecular weight is 276 g/mol. The summed E-state index contributed by atoms with van der Waals surface area (Å²) in [5.41, 5.74) is 1.30. The lowest BCUT2D eigenvalue weighted by Gasteiger charge is -2.32. The molecule has 112 valence electrons. The van der Waals surface area contributed by atoms with Crippen LogP contribution >= 0.6 is 0 Å². The number of ether oxygens (including phenoxy) is 1. The van der Waals surface area contributed by atoms with E-state index in [-0.39, 0.29) is 0 Å². The van der Waals surface area contributed by atoms with E-state index in [1.807, 2.05) is 13.0 Å². The maximum atomic E-state index is 5.53. The van der Waals surface area contributed by atoms with Crippen LogP contribution in [-0.4, -0.2) is 37.7 Å². The van der Waals surface area contributed by atoms with Crippen molar-refractivity contribution in [3.05, 3.63) is 29.8 Å². The standard InChI is InChI=1S/C17H28N2O/c1-3-20-17-9-6-7-15(13-17)14-18-11-10-16-8-4-5-12-19(16)2/h6-7,9,13,16,18H,3-5,8,10-12,14H2,1-2H3. The normalized spacial score (nSPS) is 20.0. The van der Waals surface area contributed by atoms with Gasteiger partial charge in [0.15, 0.2) is 0 Å². The predicted molar refractivity (Wildman–Crippen MR) is 84.2 cm³/mol. The van der Waals surface area contributed by atoms with E-state index in [9.17, 15) is 0 Å². The van der Waals surface area contributed by atoms with Crippen molar-refractivity contribution in [3.63, 3.8) is 0 Å². The largest absolute Gasteiger partial charge is 0.494 e. The third-order valence-corrected chi connectivity index (χ3v) is 4.11. The molecule has 0 radical (unpaired) electrons. The van der Waals surface area contributed by atoms with Gasteiger partial charge in [0.25, 0.3) is 0 Å². The minimum absolute atomic E-state index is 0.727. The summed E-state index contributed by atoms with van der Waals surface area (Å²) in [7, 11) is 2.26. The van der Waals surface area contributed by atoms with E-state index in [0.717, 1.165) is 31.5 Å². The van der Waals surface area contributed by atoms with Crippen molar-refractivity contribution in [1.82, 2.24) is 10.2 Å². The molecule has 1 N–H and O–H groups in total. The SMILES string of the molecule is CCOc1cccc(CNCCC2CCCCN2C)c1. The van der Waals surface area contributed by atoms with Crippen LogP contribution in [0, 0.1) is 0 Å². The maximum absolute atomic E-state index is 5.53. The molecule has 20 heavy (non-hydrogen) atoms. The van der Waals surface area contributed by atoms with Gasteiger partial charge in [0.05, 0.1) is 6.61 Å². The Morgan fingerprint density at radius 1 is 1.35 bits per heavy atom. The highest BCUT2D eigenvalue weighted by Crippen LogP contribution is 2.17. The van der Waals surface area contributed by atoms with Crippen molar-refractivity contribution in [2.24, 2.45) is 0 Å². The van der Waals surface area contributed by atoms with Crippen molar-refractivity contribution in [2.45, 2.75) is 45.2 Å². The van der Waals surface area contributed by atoms with Crippen LogP contribution in [0.25, 0.3) is 0 Å². The zero-order valence-electron chi connectivity index (χ0n) is 12.9. The number of likely N-dealkylation sites (tertiary alicyclic amines) is 1. The van der Waals surface area contributed by atoms with Gasteiger partial charge in [-0.05, 0) is 64.0 Å². The molecule has 1 aromatic carbocycles. The molecular weight excluding hydrogens is 248 g/mol. The Balaban J connectivity index is 1.68. The highest BCUT2D eigenvalue weighted by atomic mass is 16.5. The lowest BCUT2D eigenvalue weighted by Crippen LogP contribution is -2.38. The summed E-state index contributed by atoms with van der Waals surface area (Å²) in [5, 5.41) is 3.56. The molecule has 3 heteroatoms. The molecule has 0 bridgehead atoms. The van der Waals surface area contributed by atoms with Gasteiger partial charge in [-0.1, -0.05) is 18.6 Å². The molecule has 1 saturated heterocycles. The van der Waals surface area contributed by atoms with Crippen LogP contribution in [0.5, 0.6) is 5.75 Å². The number of nitrogens with zero attached hydrogens (tertiary/aromatic N) is 1. The second-order valence-electron chi connectivity index (χ2n) is 5.68. The van der Waals surface area contributed by atoms with E-state index in [0.29, 0.717) is 0 Å². The fourth-order valence-corrected chi connectivity index (χ4v) is 2.92. The summed E-state index contributed by atoms with van der Waals surface area (Å²) in [4.78, 5) is 2.51. The van der Waals surface area contributed by atoms with Gasteiger partial charge in [-0.25, -0.2) is 0 Å². The van der Waals surface area contributed by atoms with Crippen LogP contribution in [0.2, 0.25) is 0 Å². The first-order chi connectivity index (χ1) is 9.79. The highest BCUT2D eigenvalue weighted by Gasteiger charge is 2.17. The van der Waals surface area contributed by atoms with Gasteiger partial charge in [0, 0.05) is 12.6 Å². The quantitative estimate of drug-likeness (QED) is 0.775. The van der Waals surface area contributed by atoms with Gasteiger partial charge in [0.1, 0.15) is 5.75 Å². The van der Waals surface area contributed by atoms with Crippen LogP contribution < -0.4 is 10.1 Å². The number of hydrogen-bond donors (Lipinski definition) is 1. The molecule has 0 spiro atoms. The second kappa shape index (κ2) is 8.28. The molecule has 1 aliphatic heterocycles. The summed E-state index contributed by atoms with van der Waals surface area (Å²) >= 11 is 0. The number of rotatable bonds is 7. The third kappa shape index (κ3) is 4.80. The number of benzene rings is 1. The molecule has 1 fully saturated rings. The summed E-state index contributed by atoms with van der Waals surface area (Å²) in [6, 6.07) is 9.14. The van der Waals surface area contributed by atoms with Crippen LogP contribution in [0.4, 0.5) is 0 Å². The molecule has 0 aliphatic carbocycles. The molecule has 1 atom stereocenters. The number of hydrogen-bond acceptors (Lipinski definition) is 3. The molecule has 0 amide bonds. The van der Waals surface area contributed by atoms with Gasteiger partial charge in [-0.2, -0.15) is 0 Å². The van der Waals surface area contributed by atoms with Gasteiger partial charge in [-0.15, -0.1) is 0 Å². The first-order valence-corrected chi connectivity index (χ1v) is 7.92. The van der Waals surface area contributed by atoms with E-state index in [2.05, 4.69) is 35.5 Å². The van der Waals surface area contributed by atoms with E-state index >= 15 is 0 Å². The predicted octanol–water partition coefficient (Wildman–Crippen LogP) is 3.05. The molecular formula is C17H28N2O. The minimum atomic E-state index is 0.727. The Labute approximate surface area is 123 Å². The average Bonchev–Trinajstić information content (AvgIpc) is 2.46. The first kappa shape index (κ1) is 15.3. The molecule has 0 aromatic heterocycles. The summed E-state index contributed by atoms with van der Waals surface area (Å²) < 4.78 is 5.53. The molecule has 1 unspecified atom stereocenters. The topological polar surface area (TPSA) is 24.5 Å².